The Morgan fingerprint density at radius 3 is 1.08 bits per heavy atom. The molecule has 0 fully saturated rings. The molecule has 0 heterocycles. The van der Waals surface area contributed by atoms with Crippen LogP contribution in [0, 0.1) is 0 Å². The summed E-state index contributed by atoms with van der Waals surface area (Å²) in [5, 5.41) is 0. The number of guanidine groups is 2. The van der Waals surface area contributed by atoms with Gasteiger partial charge in [0.05, 0.1) is 22.7 Å². The summed E-state index contributed by atoms with van der Waals surface area (Å²) in [6.45, 7) is 0. The minimum absolute atomic E-state index is 0.529. The molecular weight excluding hydrogens is 304 g/mol. The molecule has 0 amide bonds. The van der Waals surface area contributed by atoms with Crippen molar-refractivity contribution in [3.05, 3.63) is 12.1 Å². The van der Waals surface area contributed by atoms with E-state index < -0.39 is 0 Å². The van der Waals surface area contributed by atoms with E-state index >= 15 is 0 Å². The van der Waals surface area contributed by atoms with Gasteiger partial charge in [0.1, 0.15) is 0 Å². The van der Waals surface area contributed by atoms with Gasteiger partial charge in [-0.3, -0.25) is 0 Å². The van der Waals surface area contributed by atoms with E-state index in [1.54, 1.807) is 12.1 Å². The van der Waals surface area contributed by atoms with Crippen LogP contribution in [0.2, 0.25) is 0 Å². The molecule has 1 aromatic rings. The summed E-state index contributed by atoms with van der Waals surface area (Å²) in [6, 6.07) is 3.51. The molecule has 24 heavy (non-hydrogen) atoms. The Morgan fingerprint density at radius 2 is 0.875 bits per heavy atom. The highest BCUT2D eigenvalue weighted by Gasteiger charge is 2.11. The average Bonchev–Trinajstić information content (AvgIpc) is 2.44. The lowest BCUT2D eigenvalue weighted by molar-refractivity contribution is 0.484. The number of hydrogen-bond acceptors (Lipinski definition) is 4. The van der Waals surface area contributed by atoms with Crippen LogP contribution in [0.15, 0.2) is 22.1 Å². The van der Waals surface area contributed by atoms with Crippen LogP contribution >= 0.6 is 0 Å². The summed E-state index contributed by atoms with van der Waals surface area (Å²) < 4.78 is 0. The first-order chi connectivity index (χ1) is 11.0. The lowest BCUT2D eigenvalue weighted by Crippen LogP contribution is -2.35. The fourth-order valence-electron chi connectivity index (χ4n) is 2.22. The van der Waals surface area contributed by atoms with E-state index in [9.17, 15) is 0 Å². The molecule has 8 nitrogen and oxygen atoms in total. The molecule has 8 heteroatoms. The summed E-state index contributed by atoms with van der Waals surface area (Å²) >= 11 is 0. The van der Waals surface area contributed by atoms with Crippen LogP contribution < -0.4 is 11.5 Å². The van der Waals surface area contributed by atoms with E-state index in [2.05, 4.69) is 9.98 Å². The minimum atomic E-state index is 0.529. The van der Waals surface area contributed by atoms with Crippen molar-refractivity contribution in [3.8, 4) is 0 Å². The van der Waals surface area contributed by atoms with Gasteiger partial charge < -0.3 is 31.1 Å². The number of rotatable bonds is 2. The molecule has 0 radical (unpaired) electrons. The smallest absolute Gasteiger partial charge is 0.200 e. The third-order valence-corrected chi connectivity index (χ3v) is 3.22. The van der Waals surface area contributed by atoms with Gasteiger partial charge in [0, 0.05) is 56.4 Å². The second-order valence-electron chi connectivity index (χ2n) is 6.37. The molecule has 0 spiro atoms. The van der Waals surface area contributed by atoms with Gasteiger partial charge in [0.2, 0.25) is 11.9 Å². The Morgan fingerprint density at radius 1 is 0.625 bits per heavy atom. The van der Waals surface area contributed by atoms with Gasteiger partial charge in [-0.2, -0.15) is 0 Å². The van der Waals surface area contributed by atoms with E-state index in [4.69, 9.17) is 11.5 Å². The molecule has 1 aromatic carbocycles. The Labute approximate surface area is 145 Å². The Hall–Kier alpha value is -2.64. The Kier molecular flexibility index (Phi) is 6.27. The SMILES string of the molecule is CN(C)C(=Nc1cc(N)c(N=C(N(C)C)N(C)C)cc1N)N(C)C. The third-order valence-electron chi connectivity index (χ3n) is 3.22. The third kappa shape index (κ3) is 4.68. The quantitative estimate of drug-likeness (QED) is 0.478. The second kappa shape index (κ2) is 7.76. The molecule has 0 aliphatic heterocycles. The largest absolute Gasteiger partial charge is 0.397 e. The maximum Gasteiger partial charge on any atom is 0.200 e. The van der Waals surface area contributed by atoms with E-state index in [0.29, 0.717) is 22.7 Å². The topological polar surface area (TPSA) is 89.7 Å². The summed E-state index contributed by atoms with van der Waals surface area (Å²) in [7, 11) is 15.4. The molecule has 0 unspecified atom stereocenters. The van der Waals surface area contributed by atoms with Gasteiger partial charge in [0.15, 0.2) is 0 Å². The predicted molar refractivity (Wildman–Crippen MR) is 104 cm³/mol. The van der Waals surface area contributed by atoms with Crippen molar-refractivity contribution in [1.29, 1.82) is 0 Å². The summed E-state index contributed by atoms with van der Waals surface area (Å²) in [6.07, 6.45) is 0. The predicted octanol–water partition coefficient (Wildman–Crippen LogP) is 1.07. The highest BCUT2D eigenvalue weighted by Crippen LogP contribution is 2.33. The molecule has 0 aliphatic carbocycles. The standard InChI is InChI=1S/C16H30N8/c1-21(2)15(22(3)4)19-13-9-12(18)14(10-11(13)17)20-16(23(5)6)24(7)8/h9-10H,17-18H2,1-8H3. The van der Waals surface area contributed by atoms with Gasteiger partial charge in [-0.15, -0.1) is 0 Å². The van der Waals surface area contributed by atoms with Crippen molar-refractivity contribution in [3.63, 3.8) is 0 Å². The summed E-state index contributed by atoms with van der Waals surface area (Å²) in [4.78, 5) is 16.9. The zero-order chi connectivity index (χ0) is 18.6. The fourth-order valence-corrected chi connectivity index (χ4v) is 2.22. The first-order valence-corrected chi connectivity index (χ1v) is 7.60. The number of nitrogens with zero attached hydrogens (tertiary/aromatic N) is 6. The van der Waals surface area contributed by atoms with Gasteiger partial charge >= 0.3 is 0 Å². The van der Waals surface area contributed by atoms with Crippen LogP contribution in [0.1, 0.15) is 0 Å². The lowest BCUT2D eigenvalue weighted by atomic mass is 10.2. The average molecular weight is 334 g/mol. The molecule has 0 aromatic heterocycles. The van der Waals surface area contributed by atoms with Crippen LogP contribution in [0.5, 0.6) is 0 Å². The fraction of sp³-hybridized carbons (Fsp3) is 0.500. The summed E-state index contributed by atoms with van der Waals surface area (Å²) in [5.74, 6) is 1.55. The zero-order valence-electron chi connectivity index (χ0n) is 16.0. The maximum absolute atomic E-state index is 6.17. The van der Waals surface area contributed by atoms with Crippen molar-refractivity contribution in [1.82, 2.24) is 19.6 Å². The van der Waals surface area contributed by atoms with Crippen LogP contribution in [0.25, 0.3) is 0 Å². The molecule has 0 atom stereocenters. The van der Waals surface area contributed by atoms with Gasteiger partial charge in [-0.1, -0.05) is 0 Å². The molecule has 0 saturated carbocycles. The molecule has 134 valence electrons. The monoisotopic (exact) mass is 334 g/mol. The number of anilines is 2. The molecule has 4 N–H and O–H groups in total. The van der Waals surface area contributed by atoms with Crippen LogP contribution in [0.4, 0.5) is 22.7 Å². The van der Waals surface area contributed by atoms with E-state index in [1.807, 2.05) is 76.0 Å². The maximum atomic E-state index is 6.17. The van der Waals surface area contributed by atoms with Crippen LogP contribution in [-0.2, 0) is 0 Å². The molecule has 0 saturated heterocycles. The van der Waals surface area contributed by atoms with Crippen molar-refractivity contribution in [2.24, 2.45) is 9.98 Å². The van der Waals surface area contributed by atoms with Gasteiger partial charge in [0.25, 0.3) is 0 Å². The van der Waals surface area contributed by atoms with Crippen LogP contribution in [-0.4, -0.2) is 87.9 Å². The van der Waals surface area contributed by atoms with E-state index in [-0.39, 0.29) is 0 Å². The number of hydrogen-bond donors (Lipinski definition) is 2. The van der Waals surface area contributed by atoms with Crippen molar-refractivity contribution in [2.45, 2.75) is 0 Å². The van der Waals surface area contributed by atoms with Crippen molar-refractivity contribution < 1.29 is 0 Å². The van der Waals surface area contributed by atoms with E-state index in [0.717, 1.165) is 11.9 Å². The molecular formula is C16H30N8. The Balaban J connectivity index is 3.38. The summed E-state index contributed by atoms with van der Waals surface area (Å²) in [5.41, 5.74) is 14.6. The first-order valence-electron chi connectivity index (χ1n) is 7.60. The zero-order valence-corrected chi connectivity index (χ0v) is 16.0. The van der Waals surface area contributed by atoms with E-state index in [1.165, 1.54) is 0 Å². The molecule has 0 bridgehead atoms. The van der Waals surface area contributed by atoms with Crippen molar-refractivity contribution in [2.75, 3.05) is 67.8 Å². The van der Waals surface area contributed by atoms with Gasteiger partial charge in [-0.05, 0) is 12.1 Å². The number of nitrogen functional groups attached to an aromatic ring is 2. The minimum Gasteiger partial charge on any atom is -0.397 e. The molecule has 1 rings (SSSR count). The first kappa shape index (κ1) is 19.4. The number of nitrogens with two attached hydrogens (primary N) is 2. The molecule has 0 aliphatic rings. The normalized spacial score (nSPS) is 10.0. The van der Waals surface area contributed by atoms with Crippen molar-refractivity contribution >= 4 is 34.7 Å². The highest BCUT2D eigenvalue weighted by atomic mass is 15.3. The Bertz CT molecular complexity index is 553. The second-order valence-corrected chi connectivity index (χ2v) is 6.37. The number of benzene rings is 1. The van der Waals surface area contributed by atoms with Crippen LogP contribution in [0.3, 0.4) is 0 Å². The lowest BCUT2D eigenvalue weighted by Gasteiger charge is -2.23. The highest BCUT2D eigenvalue weighted by molar-refractivity contribution is 5.89. The number of aliphatic imine (C=N–C) groups is 2. The van der Waals surface area contributed by atoms with Gasteiger partial charge in [-0.25, -0.2) is 9.98 Å².